The van der Waals surface area contributed by atoms with Gasteiger partial charge in [0.2, 0.25) is 0 Å². The highest BCUT2D eigenvalue weighted by Crippen LogP contribution is 2.21. The molecule has 0 radical (unpaired) electrons. The van der Waals surface area contributed by atoms with Crippen LogP contribution in [0.5, 0.6) is 5.75 Å². The SMILES string of the molecule is Cc1ccc(O)cc1NCC(F)C(F)F. The van der Waals surface area contributed by atoms with Crippen LogP contribution in [-0.2, 0) is 0 Å². The number of hydrogen-bond acceptors (Lipinski definition) is 2. The molecule has 15 heavy (non-hydrogen) atoms. The number of benzene rings is 1. The van der Waals surface area contributed by atoms with E-state index in [4.69, 9.17) is 5.11 Å². The van der Waals surface area contributed by atoms with Crippen molar-refractivity contribution in [3.8, 4) is 5.75 Å². The molecule has 0 aliphatic carbocycles. The van der Waals surface area contributed by atoms with Gasteiger partial charge in [-0.1, -0.05) is 6.07 Å². The largest absolute Gasteiger partial charge is 0.508 e. The van der Waals surface area contributed by atoms with Crippen molar-refractivity contribution >= 4 is 5.69 Å². The Kier molecular flexibility index (Phi) is 3.82. The van der Waals surface area contributed by atoms with Gasteiger partial charge in [-0.25, -0.2) is 13.2 Å². The van der Waals surface area contributed by atoms with Crippen molar-refractivity contribution in [3.05, 3.63) is 23.8 Å². The Labute approximate surface area is 85.7 Å². The number of phenolic OH excluding ortho intramolecular Hbond substituents is 1. The summed E-state index contributed by atoms with van der Waals surface area (Å²) in [6, 6.07) is 4.46. The quantitative estimate of drug-likeness (QED) is 0.816. The summed E-state index contributed by atoms with van der Waals surface area (Å²) >= 11 is 0. The first-order valence-corrected chi connectivity index (χ1v) is 4.46. The van der Waals surface area contributed by atoms with E-state index in [0.29, 0.717) is 5.69 Å². The van der Waals surface area contributed by atoms with Gasteiger partial charge in [0.15, 0.2) is 6.17 Å². The van der Waals surface area contributed by atoms with Crippen molar-refractivity contribution in [1.29, 1.82) is 0 Å². The van der Waals surface area contributed by atoms with Gasteiger partial charge in [-0.15, -0.1) is 0 Å². The topological polar surface area (TPSA) is 32.3 Å². The highest BCUT2D eigenvalue weighted by molar-refractivity contribution is 5.54. The highest BCUT2D eigenvalue weighted by Gasteiger charge is 2.18. The third kappa shape index (κ3) is 3.34. The fourth-order valence-electron chi connectivity index (χ4n) is 1.10. The molecule has 1 rings (SSSR count). The van der Waals surface area contributed by atoms with E-state index in [1.54, 1.807) is 13.0 Å². The van der Waals surface area contributed by atoms with Crippen LogP contribution >= 0.6 is 0 Å². The Hall–Kier alpha value is -1.39. The van der Waals surface area contributed by atoms with Crippen molar-refractivity contribution in [2.75, 3.05) is 11.9 Å². The minimum Gasteiger partial charge on any atom is -0.508 e. The summed E-state index contributed by atoms with van der Waals surface area (Å²) in [5, 5.41) is 11.6. The van der Waals surface area contributed by atoms with Crippen molar-refractivity contribution in [3.63, 3.8) is 0 Å². The van der Waals surface area contributed by atoms with Crippen molar-refractivity contribution in [2.45, 2.75) is 19.5 Å². The molecule has 0 bridgehead atoms. The molecule has 0 spiro atoms. The average Bonchev–Trinajstić information content (AvgIpc) is 2.18. The zero-order valence-electron chi connectivity index (χ0n) is 8.17. The lowest BCUT2D eigenvalue weighted by Crippen LogP contribution is -2.22. The molecule has 1 unspecified atom stereocenters. The molecular weight excluding hydrogens is 207 g/mol. The maximum absolute atomic E-state index is 12.6. The third-order valence-electron chi connectivity index (χ3n) is 1.98. The zero-order valence-corrected chi connectivity index (χ0v) is 8.17. The minimum atomic E-state index is -2.99. The summed E-state index contributed by atoms with van der Waals surface area (Å²) in [5.74, 6) is 0.00977. The summed E-state index contributed by atoms with van der Waals surface area (Å²) in [6.45, 7) is 1.26. The number of hydrogen-bond donors (Lipinski definition) is 2. The van der Waals surface area contributed by atoms with Crippen molar-refractivity contribution in [1.82, 2.24) is 0 Å². The predicted octanol–water partition coefficient (Wildman–Crippen LogP) is 2.72. The highest BCUT2D eigenvalue weighted by atomic mass is 19.3. The minimum absolute atomic E-state index is 0.00977. The van der Waals surface area contributed by atoms with Crippen LogP contribution in [0.2, 0.25) is 0 Å². The molecule has 0 heterocycles. The van der Waals surface area contributed by atoms with Crippen LogP contribution in [0.3, 0.4) is 0 Å². The van der Waals surface area contributed by atoms with Crippen LogP contribution in [-0.4, -0.2) is 24.2 Å². The van der Waals surface area contributed by atoms with Crippen LogP contribution in [0.4, 0.5) is 18.9 Å². The van der Waals surface area contributed by atoms with Gasteiger partial charge in [-0.3, -0.25) is 0 Å². The smallest absolute Gasteiger partial charge is 0.271 e. The molecule has 0 saturated heterocycles. The summed E-state index contributed by atoms with van der Waals surface area (Å²) in [5.41, 5.74) is 1.22. The van der Waals surface area contributed by atoms with E-state index in [0.717, 1.165) is 5.56 Å². The Morgan fingerprint density at radius 2 is 2.00 bits per heavy atom. The summed E-state index contributed by atoms with van der Waals surface area (Å²) in [4.78, 5) is 0. The van der Waals surface area contributed by atoms with Crippen LogP contribution < -0.4 is 5.32 Å². The van der Waals surface area contributed by atoms with Crippen LogP contribution in [0.25, 0.3) is 0 Å². The second kappa shape index (κ2) is 4.91. The number of anilines is 1. The molecule has 0 aliphatic heterocycles. The van der Waals surface area contributed by atoms with E-state index in [-0.39, 0.29) is 5.75 Å². The fraction of sp³-hybridized carbons (Fsp3) is 0.400. The molecule has 0 amide bonds. The Balaban J connectivity index is 2.61. The van der Waals surface area contributed by atoms with Gasteiger partial charge in [0.25, 0.3) is 6.43 Å². The van der Waals surface area contributed by atoms with E-state index < -0.39 is 19.1 Å². The molecule has 84 valence electrons. The molecule has 0 fully saturated rings. The van der Waals surface area contributed by atoms with E-state index in [1.807, 2.05) is 0 Å². The second-order valence-electron chi connectivity index (χ2n) is 3.23. The monoisotopic (exact) mass is 219 g/mol. The summed E-state index contributed by atoms with van der Waals surface area (Å²) in [6.07, 6.45) is -5.19. The van der Waals surface area contributed by atoms with Crippen LogP contribution in [0, 0.1) is 6.92 Å². The first-order valence-electron chi connectivity index (χ1n) is 4.46. The molecule has 1 aromatic rings. The maximum Gasteiger partial charge on any atom is 0.271 e. The van der Waals surface area contributed by atoms with Crippen molar-refractivity contribution < 1.29 is 18.3 Å². The number of aryl methyl sites for hydroxylation is 1. The van der Waals surface area contributed by atoms with Gasteiger partial charge in [0.05, 0.1) is 6.54 Å². The Morgan fingerprint density at radius 3 is 2.60 bits per heavy atom. The van der Waals surface area contributed by atoms with Crippen LogP contribution in [0.1, 0.15) is 5.56 Å². The van der Waals surface area contributed by atoms with Gasteiger partial charge >= 0.3 is 0 Å². The molecule has 1 atom stereocenters. The predicted molar refractivity (Wildman–Crippen MR) is 52.2 cm³/mol. The molecule has 1 aromatic carbocycles. The normalized spacial score (nSPS) is 12.9. The second-order valence-corrected chi connectivity index (χ2v) is 3.23. The summed E-state index contributed by atoms with van der Waals surface area (Å²) < 4.78 is 36.3. The lowest BCUT2D eigenvalue weighted by molar-refractivity contribution is 0.0571. The van der Waals surface area contributed by atoms with E-state index in [2.05, 4.69) is 5.32 Å². The maximum atomic E-state index is 12.6. The first kappa shape index (κ1) is 11.7. The Bertz CT molecular complexity index is 330. The van der Waals surface area contributed by atoms with Gasteiger partial charge in [0, 0.05) is 11.8 Å². The third-order valence-corrected chi connectivity index (χ3v) is 1.98. The van der Waals surface area contributed by atoms with Gasteiger partial charge < -0.3 is 10.4 Å². The van der Waals surface area contributed by atoms with E-state index >= 15 is 0 Å². The molecule has 5 heteroatoms. The fourth-order valence-corrected chi connectivity index (χ4v) is 1.10. The van der Waals surface area contributed by atoms with E-state index in [1.165, 1.54) is 12.1 Å². The molecular formula is C10H12F3NO. The number of alkyl halides is 3. The zero-order chi connectivity index (χ0) is 11.4. The van der Waals surface area contributed by atoms with Crippen LogP contribution in [0.15, 0.2) is 18.2 Å². The lowest BCUT2D eigenvalue weighted by Gasteiger charge is -2.12. The lowest BCUT2D eigenvalue weighted by atomic mass is 10.2. The number of aromatic hydroxyl groups is 1. The molecule has 2 nitrogen and oxygen atoms in total. The standard InChI is InChI=1S/C10H12F3NO/c1-6-2-3-7(15)4-9(6)14-5-8(11)10(12)13/h2-4,8,10,14-15H,5H2,1H3. The summed E-state index contributed by atoms with van der Waals surface area (Å²) in [7, 11) is 0. The number of phenols is 1. The van der Waals surface area contributed by atoms with Gasteiger partial charge in [-0.2, -0.15) is 0 Å². The molecule has 0 saturated carbocycles. The number of nitrogens with one attached hydrogen (secondary N) is 1. The van der Waals surface area contributed by atoms with Crippen molar-refractivity contribution in [2.24, 2.45) is 0 Å². The Morgan fingerprint density at radius 1 is 1.33 bits per heavy atom. The first-order chi connectivity index (χ1) is 7.00. The number of halogens is 3. The number of rotatable bonds is 4. The van der Waals surface area contributed by atoms with Gasteiger partial charge in [-0.05, 0) is 18.6 Å². The van der Waals surface area contributed by atoms with E-state index in [9.17, 15) is 13.2 Å². The molecule has 0 aliphatic rings. The average molecular weight is 219 g/mol. The molecule has 0 aromatic heterocycles. The van der Waals surface area contributed by atoms with Gasteiger partial charge in [0.1, 0.15) is 5.75 Å². The molecule has 2 N–H and O–H groups in total.